The van der Waals surface area contributed by atoms with Crippen LogP contribution in [0.5, 0.6) is 0 Å². The minimum absolute atomic E-state index is 0. The van der Waals surface area contributed by atoms with Crippen molar-refractivity contribution in [3.63, 3.8) is 0 Å². The Hall–Kier alpha value is 1.61. The molecule has 2 nitrogen and oxygen atoms in total. The van der Waals surface area contributed by atoms with Crippen molar-refractivity contribution in [1.82, 2.24) is 0 Å². The summed E-state index contributed by atoms with van der Waals surface area (Å²) in [5.74, 6) is 0. The quantitative estimate of drug-likeness (QED) is 0.278. The summed E-state index contributed by atoms with van der Waals surface area (Å²) >= 11 is 0. The molecule has 0 amide bonds. The Bertz CT molecular complexity index is 335. The number of hydrogen-bond acceptors (Lipinski definition) is 2. The van der Waals surface area contributed by atoms with Crippen molar-refractivity contribution in [3.8, 4) is 0 Å². The van der Waals surface area contributed by atoms with Gasteiger partial charge in [-0.05, 0) is 64.8 Å². The first-order valence-electron chi connectivity index (χ1n) is 7.82. The molecule has 0 fully saturated rings. The van der Waals surface area contributed by atoms with Gasteiger partial charge < -0.3 is 15.8 Å². The molecule has 99 valence electrons. The first-order valence-corrected chi connectivity index (χ1v) is 7.82. The first-order chi connectivity index (χ1) is 11.6. The van der Waals surface area contributed by atoms with E-state index in [1.807, 2.05) is 13.8 Å². The van der Waals surface area contributed by atoms with Crippen LogP contribution in [0, 0.1) is 0 Å². The van der Waals surface area contributed by atoms with Crippen molar-refractivity contribution in [1.29, 1.82) is 0 Å². The standard InChI is InChI=1S/C2H3B9O.C2H6.CB9O.Y/c1-2(12)9(4)11(6)10(5)8-7-3;1-2;2-6-7-9(4)10(5)8(3)1-11;/h1H3;1-2H3;;/q;;-1;. The SMILES string of the molecule is CC.[B][B][B]B([B])B([B])B([B])C(C)=O.[B][B][B]B([B])B([B])B([B])[C-]=O.[Y]. The molecule has 0 rings (SSSR count). The summed E-state index contributed by atoms with van der Waals surface area (Å²) < 4.78 is 0. The fourth-order valence-corrected chi connectivity index (χ4v) is 1.34. The maximum absolute atomic E-state index is 10.8. The Balaban J connectivity index is -0.000000164. The summed E-state index contributed by atoms with van der Waals surface area (Å²) in [5, 5.41) is 0. The predicted molar refractivity (Wildman–Crippen MR) is 131 cm³/mol. The van der Waals surface area contributed by atoms with Crippen LogP contribution in [0.1, 0.15) is 20.8 Å². The molecule has 21 heteroatoms. The van der Waals surface area contributed by atoms with Crippen LogP contribution in [0.2, 0.25) is 0 Å². The van der Waals surface area contributed by atoms with Crippen LogP contribution in [0.25, 0.3) is 0 Å². The van der Waals surface area contributed by atoms with Crippen molar-refractivity contribution in [2.75, 3.05) is 0 Å². The number of rotatable bonds is 10. The van der Waals surface area contributed by atoms with Crippen molar-refractivity contribution in [2.45, 2.75) is 20.8 Å². The Morgan fingerprint density at radius 3 is 1.46 bits per heavy atom. The Morgan fingerprint density at radius 2 is 1.19 bits per heavy atom. The molecule has 0 heterocycles. The Kier molecular flexibility index (Phi) is 30.9. The molecule has 0 aromatic rings. The van der Waals surface area contributed by atoms with Gasteiger partial charge in [-0.25, -0.2) is 0 Å². The Labute approximate surface area is 202 Å². The van der Waals surface area contributed by atoms with Gasteiger partial charge in [0, 0.05) is 90.5 Å². The Morgan fingerprint density at radius 1 is 0.846 bits per heavy atom. The largest absolute Gasteiger partial charge is 0.549 e. The van der Waals surface area contributed by atoms with Gasteiger partial charge in [0.05, 0.1) is 5.68 Å². The van der Waals surface area contributed by atoms with Crippen molar-refractivity contribution in [2.24, 2.45) is 0 Å². The molecule has 0 bridgehead atoms. The van der Waals surface area contributed by atoms with Crippen LogP contribution in [-0.2, 0) is 42.3 Å². The molecule has 0 aromatic carbocycles. The molecule has 0 aliphatic rings. The molecule has 0 aliphatic carbocycles. The molecule has 0 aliphatic heterocycles. The molecule has 0 aromatic heterocycles. The van der Waals surface area contributed by atoms with Crippen LogP contribution in [0.3, 0.4) is 0 Å². The molecule has 0 unspecified atom stereocenters. The smallest absolute Gasteiger partial charge is 0.126 e. The van der Waals surface area contributed by atoms with Gasteiger partial charge in [-0.3, -0.25) is 0 Å². The number of carbonyl (C=O) groups is 1. The van der Waals surface area contributed by atoms with E-state index in [1.54, 1.807) is 6.19 Å². The first kappa shape index (κ1) is 35.1. The van der Waals surface area contributed by atoms with Crippen LogP contribution in [-0.4, -0.2) is 141 Å². The molecule has 0 spiro atoms. The zero-order valence-electron chi connectivity index (χ0n) is 15.8. The molecule has 21 radical (unpaired) electrons. The minimum Gasteiger partial charge on any atom is -0.549 e. The summed E-state index contributed by atoms with van der Waals surface area (Å²) in [5.41, 5.74) is -0.177. The van der Waals surface area contributed by atoms with Crippen LogP contribution < -0.4 is 0 Å². The topological polar surface area (TPSA) is 34.1 Å². The average Bonchev–Trinajstić information content (AvgIpc) is 2.61. The van der Waals surface area contributed by atoms with E-state index in [1.165, 1.54) is 35.2 Å². The maximum Gasteiger partial charge on any atom is 0.126 e. The van der Waals surface area contributed by atoms with Crippen LogP contribution >= 0.6 is 0 Å². The van der Waals surface area contributed by atoms with Gasteiger partial charge in [-0.1, -0.05) is 20.3 Å². The van der Waals surface area contributed by atoms with E-state index in [0.29, 0.717) is 0 Å². The fraction of sp³-hybridized carbons (Fsp3) is 0.600. The summed E-state index contributed by atoms with van der Waals surface area (Å²) in [7, 11) is 48.4. The molecule has 0 saturated heterocycles. The molecule has 0 atom stereocenters. The summed E-state index contributed by atoms with van der Waals surface area (Å²) in [6.07, 6.45) is -0.642. The van der Waals surface area contributed by atoms with Gasteiger partial charge >= 0.3 is 0 Å². The van der Waals surface area contributed by atoms with E-state index in [4.69, 9.17) is 61.9 Å². The van der Waals surface area contributed by atoms with Gasteiger partial charge in [0.25, 0.3) is 0 Å². The predicted octanol–water partition coefficient (Wildman–Crippen LogP) is -6.15. The normalized spacial score (nSPS) is 7.50. The van der Waals surface area contributed by atoms with Crippen molar-refractivity contribution >= 4 is 141 Å². The number of hydrogen-bond donors (Lipinski definition) is 0. The van der Waals surface area contributed by atoms with E-state index in [2.05, 4.69) is 0 Å². The van der Waals surface area contributed by atoms with E-state index >= 15 is 0 Å². The van der Waals surface area contributed by atoms with Crippen LogP contribution in [0.4, 0.5) is 0 Å². The maximum atomic E-state index is 10.8. The van der Waals surface area contributed by atoms with Crippen LogP contribution in [0.15, 0.2) is 0 Å². The molecular formula is C5H9B18O2Y-. The molecule has 0 N–H and O–H groups in total. The zero-order chi connectivity index (χ0) is 20.6. The van der Waals surface area contributed by atoms with E-state index in [-0.39, 0.29) is 38.4 Å². The summed E-state index contributed by atoms with van der Waals surface area (Å²) in [4.78, 5) is 20.8. The van der Waals surface area contributed by atoms with Gasteiger partial charge in [0.1, 0.15) is 6.49 Å². The van der Waals surface area contributed by atoms with E-state index in [0.717, 1.165) is 0 Å². The third-order valence-corrected chi connectivity index (χ3v) is 2.99. The minimum atomic E-state index is -0.860. The van der Waals surface area contributed by atoms with Gasteiger partial charge in [0.2, 0.25) is 0 Å². The molecular weight excluding hydrogens is 376 g/mol. The third-order valence-electron chi connectivity index (χ3n) is 2.99. The van der Waals surface area contributed by atoms with Gasteiger partial charge in [-0.2, -0.15) is 0 Å². The molecule has 0 saturated carbocycles. The summed E-state index contributed by atoms with van der Waals surface area (Å²) in [6.45, 7) is 3.79. The second kappa shape index (κ2) is 22.9. The fourth-order valence-electron chi connectivity index (χ4n) is 1.34. The summed E-state index contributed by atoms with van der Waals surface area (Å²) in [6, 6.07) is 0. The second-order valence-corrected chi connectivity index (χ2v) is 4.86. The third kappa shape index (κ3) is 17.7. The van der Waals surface area contributed by atoms with E-state index in [9.17, 15) is 9.59 Å². The monoisotopic (exact) mass is 388 g/mol. The van der Waals surface area contributed by atoms with Gasteiger partial charge in [-0.15, -0.1) is 0 Å². The van der Waals surface area contributed by atoms with Gasteiger partial charge in [0.15, 0.2) is 0 Å². The zero-order valence-corrected chi connectivity index (χ0v) is 18.6. The second-order valence-electron chi connectivity index (χ2n) is 4.86. The van der Waals surface area contributed by atoms with Crippen molar-refractivity contribution in [3.05, 3.63) is 0 Å². The van der Waals surface area contributed by atoms with E-state index < -0.39 is 38.5 Å². The average molecular weight is 385 g/mol. The van der Waals surface area contributed by atoms with Crippen molar-refractivity contribution < 1.29 is 42.3 Å². The molecule has 26 heavy (non-hydrogen) atoms. The number of carbonyl (C=O) groups excluding carboxylic acids is 2.